The van der Waals surface area contributed by atoms with Gasteiger partial charge in [-0.15, -0.1) is 0 Å². The van der Waals surface area contributed by atoms with Crippen molar-refractivity contribution < 1.29 is 9.59 Å². The van der Waals surface area contributed by atoms with Gasteiger partial charge in [0.05, 0.1) is 0 Å². The molecule has 0 radical (unpaired) electrons. The van der Waals surface area contributed by atoms with Gasteiger partial charge in [-0.3, -0.25) is 9.59 Å². The van der Waals surface area contributed by atoms with Crippen molar-refractivity contribution in [1.29, 1.82) is 0 Å². The van der Waals surface area contributed by atoms with E-state index in [1.807, 2.05) is 37.3 Å². The van der Waals surface area contributed by atoms with Crippen molar-refractivity contribution in [3.63, 3.8) is 0 Å². The van der Waals surface area contributed by atoms with E-state index in [-0.39, 0.29) is 17.5 Å². The predicted molar refractivity (Wildman–Crippen MR) is 108 cm³/mol. The molecule has 3 aromatic rings. The van der Waals surface area contributed by atoms with Crippen LogP contribution >= 0.6 is 0 Å². The van der Waals surface area contributed by atoms with Crippen LogP contribution in [0.2, 0.25) is 0 Å². The first-order valence-electron chi connectivity index (χ1n) is 8.82. The van der Waals surface area contributed by atoms with Crippen molar-refractivity contribution in [2.45, 2.75) is 20.4 Å². The molecule has 0 unspecified atom stereocenters. The SMILES string of the molecule is CC(=O)Nc1cccc(Nc2nccc(C(=O)NCc3ccccc3C)n2)c1. The van der Waals surface area contributed by atoms with Crippen LogP contribution in [0.15, 0.2) is 60.8 Å². The molecule has 0 saturated heterocycles. The average Bonchev–Trinajstić information content (AvgIpc) is 2.67. The third-order valence-corrected chi connectivity index (χ3v) is 4.03. The summed E-state index contributed by atoms with van der Waals surface area (Å²) in [6.07, 6.45) is 1.52. The number of aromatic nitrogens is 2. The summed E-state index contributed by atoms with van der Waals surface area (Å²) in [6.45, 7) is 3.88. The molecule has 0 bridgehead atoms. The highest BCUT2D eigenvalue weighted by Crippen LogP contribution is 2.18. The third-order valence-electron chi connectivity index (χ3n) is 4.03. The lowest BCUT2D eigenvalue weighted by molar-refractivity contribution is -0.114. The first-order chi connectivity index (χ1) is 13.5. The van der Waals surface area contributed by atoms with Gasteiger partial charge in [-0.25, -0.2) is 9.97 Å². The van der Waals surface area contributed by atoms with E-state index in [1.165, 1.54) is 13.1 Å². The van der Waals surface area contributed by atoms with Crippen LogP contribution in [0, 0.1) is 6.92 Å². The number of amides is 2. The lowest BCUT2D eigenvalue weighted by Gasteiger charge is -2.10. The molecule has 0 aliphatic heterocycles. The molecule has 2 aromatic carbocycles. The second-order valence-electron chi connectivity index (χ2n) is 6.26. The molecule has 28 heavy (non-hydrogen) atoms. The Balaban J connectivity index is 1.67. The zero-order valence-corrected chi connectivity index (χ0v) is 15.7. The maximum atomic E-state index is 12.4. The molecule has 3 N–H and O–H groups in total. The Hall–Kier alpha value is -3.74. The number of nitrogens with zero attached hydrogens (tertiary/aromatic N) is 2. The van der Waals surface area contributed by atoms with Gasteiger partial charge in [-0.05, 0) is 42.3 Å². The summed E-state index contributed by atoms with van der Waals surface area (Å²) in [5.41, 5.74) is 3.79. The van der Waals surface area contributed by atoms with E-state index >= 15 is 0 Å². The smallest absolute Gasteiger partial charge is 0.270 e. The predicted octanol–water partition coefficient (Wildman–Crippen LogP) is 3.42. The quantitative estimate of drug-likeness (QED) is 0.613. The Morgan fingerprint density at radius 1 is 1.00 bits per heavy atom. The summed E-state index contributed by atoms with van der Waals surface area (Å²) in [5.74, 6) is -0.134. The molecule has 2 amide bonds. The van der Waals surface area contributed by atoms with Gasteiger partial charge < -0.3 is 16.0 Å². The van der Waals surface area contributed by atoms with Gasteiger partial charge in [0.2, 0.25) is 11.9 Å². The summed E-state index contributed by atoms with van der Waals surface area (Å²) in [6, 6.07) is 16.6. The van der Waals surface area contributed by atoms with Crippen LogP contribution in [0.25, 0.3) is 0 Å². The fraction of sp³-hybridized carbons (Fsp3) is 0.143. The largest absolute Gasteiger partial charge is 0.347 e. The number of aryl methyl sites for hydroxylation is 1. The minimum Gasteiger partial charge on any atom is -0.347 e. The molecule has 0 atom stereocenters. The monoisotopic (exact) mass is 375 g/mol. The Bertz CT molecular complexity index is 1000. The number of hydrogen-bond donors (Lipinski definition) is 3. The summed E-state index contributed by atoms with van der Waals surface area (Å²) in [4.78, 5) is 32.0. The fourth-order valence-electron chi connectivity index (χ4n) is 2.63. The first kappa shape index (κ1) is 19.0. The van der Waals surface area contributed by atoms with Gasteiger partial charge in [-0.2, -0.15) is 0 Å². The second-order valence-corrected chi connectivity index (χ2v) is 6.26. The number of carbonyl (C=O) groups excluding carboxylic acids is 2. The Morgan fingerprint density at radius 3 is 2.57 bits per heavy atom. The highest BCUT2D eigenvalue weighted by atomic mass is 16.2. The number of carbonyl (C=O) groups is 2. The molecule has 1 heterocycles. The number of nitrogens with one attached hydrogen (secondary N) is 3. The van der Waals surface area contributed by atoms with E-state index in [0.717, 1.165) is 11.1 Å². The van der Waals surface area contributed by atoms with Crippen LogP contribution < -0.4 is 16.0 Å². The Morgan fingerprint density at radius 2 is 1.79 bits per heavy atom. The van der Waals surface area contributed by atoms with Crippen molar-refractivity contribution in [3.05, 3.63) is 77.6 Å². The van der Waals surface area contributed by atoms with Gasteiger partial charge in [0, 0.05) is 31.0 Å². The summed E-state index contributed by atoms with van der Waals surface area (Å²) in [7, 11) is 0. The van der Waals surface area contributed by atoms with E-state index in [0.29, 0.717) is 23.9 Å². The molecule has 7 nitrogen and oxygen atoms in total. The van der Waals surface area contributed by atoms with Crippen LogP contribution in [-0.2, 0) is 11.3 Å². The van der Waals surface area contributed by atoms with Crippen molar-refractivity contribution in [2.75, 3.05) is 10.6 Å². The van der Waals surface area contributed by atoms with Crippen molar-refractivity contribution in [2.24, 2.45) is 0 Å². The van der Waals surface area contributed by atoms with E-state index < -0.39 is 0 Å². The number of hydrogen-bond acceptors (Lipinski definition) is 5. The maximum Gasteiger partial charge on any atom is 0.270 e. The van der Waals surface area contributed by atoms with Gasteiger partial charge in [0.1, 0.15) is 5.69 Å². The van der Waals surface area contributed by atoms with Crippen LogP contribution in [0.1, 0.15) is 28.5 Å². The minimum atomic E-state index is -0.277. The molecule has 0 aliphatic carbocycles. The summed E-state index contributed by atoms with van der Waals surface area (Å²) >= 11 is 0. The Labute approximate surface area is 163 Å². The van der Waals surface area contributed by atoms with Gasteiger partial charge in [0.25, 0.3) is 5.91 Å². The van der Waals surface area contributed by atoms with Gasteiger partial charge >= 0.3 is 0 Å². The zero-order valence-electron chi connectivity index (χ0n) is 15.7. The van der Waals surface area contributed by atoms with Crippen LogP contribution in [0.3, 0.4) is 0 Å². The van der Waals surface area contributed by atoms with Gasteiger partial charge in [0.15, 0.2) is 0 Å². The lowest BCUT2D eigenvalue weighted by Crippen LogP contribution is -2.24. The summed E-state index contributed by atoms with van der Waals surface area (Å²) in [5, 5.41) is 8.63. The van der Waals surface area contributed by atoms with E-state index in [1.54, 1.807) is 24.3 Å². The highest BCUT2D eigenvalue weighted by Gasteiger charge is 2.10. The van der Waals surface area contributed by atoms with Crippen molar-refractivity contribution >= 4 is 29.1 Å². The maximum absolute atomic E-state index is 12.4. The molecular weight excluding hydrogens is 354 g/mol. The minimum absolute atomic E-state index is 0.152. The molecule has 1 aromatic heterocycles. The lowest BCUT2D eigenvalue weighted by atomic mass is 10.1. The first-order valence-corrected chi connectivity index (χ1v) is 8.82. The molecule has 142 valence electrons. The molecule has 7 heteroatoms. The molecule has 0 spiro atoms. The Kier molecular flexibility index (Phi) is 5.96. The van der Waals surface area contributed by atoms with Crippen molar-refractivity contribution in [3.8, 4) is 0 Å². The molecule has 0 aliphatic rings. The van der Waals surface area contributed by atoms with E-state index in [2.05, 4.69) is 25.9 Å². The average molecular weight is 375 g/mol. The summed E-state index contributed by atoms with van der Waals surface area (Å²) < 4.78 is 0. The highest BCUT2D eigenvalue weighted by molar-refractivity contribution is 5.92. The normalized spacial score (nSPS) is 10.2. The van der Waals surface area contributed by atoms with Crippen LogP contribution in [0.5, 0.6) is 0 Å². The topological polar surface area (TPSA) is 96.0 Å². The molecule has 3 rings (SSSR count). The molecular formula is C21H21N5O2. The number of rotatable bonds is 6. The third kappa shape index (κ3) is 5.14. The standard InChI is InChI=1S/C21H21N5O2/c1-14-6-3-4-7-16(14)13-23-20(28)19-10-11-22-21(26-19)25-18-9-5-8-17(12-18)24-15(2)27/h3-12H,13H2,1-2H3,(H,23,28)(H,24,27)(H,22,25,26). The van der Waals surface area contributed by atoms with Crippen LogP contribution in [-0.4, -0.2) is 21.8 Å². The second kappa shape index (κ2) is 8.77. The van der Waals surface area contributed by atoms with E-state index in [9.17, 15) is 9.59 Å². The van der Waals surface area contributed by atoms with E-state index in [4.69, 9.17) is 0 Å². The zero-order chi connectivity index (χ0) is 19.9. The van der Waals surface area contributed by atoms with Crippen molar-refractivity contribution in [1.82, 2.24) is 15.3 Å². The van der Waals surface area contributed by atoms with Crippen LogP contribution in [0.4, 0.5) is 17.3 Å². The molecule has 0 fully saturated rings. The fourth-order valence-corrected chi connectivity index (χ4v) is 2.63. The number of benzene rings is 2. The van der Waals surface area contributed by atoms with Gasteiger partial charge in [-0.1, -0.05) is 30.3 Å². The molecule has 0 saturated carbocycles. The number of anilines is 3.